The molecule has 30 heavy (non-hydrogen) atoms. The second kappa shape index (κ2) is 8.23. The molecule has 162 valence electrons. The maximum atomic E-state index is 14.7. The van der Waals surface area contributed by atoms with E-state index in [0.29, 0.717) is 3.57 Å². The van der Waals surface area contributed by atoms with Gasteiger partial charge < -0.3 is 15.0 Å². The van der Waals surface area contributed by atoms with Crippen molar-refractivity contribution in [3.8, 4) is 0 Å². The molecule has 1 aromatic carbocycles. The SMILES string of the molecule is Cn1cc(NS(=O)(=O)C2(CC(=O)CO)CC2)c(Nc2ccc(I)cc2F)c(F)c1=O. The van der Waals surface area contributed by atoms with E-state index in [1.54, 1.807) is 6.07 Å². The number of halogens is 3. The van der Waals surface area contributed by atoms with Gasteiger partial charge in [-0.05, 0) is 53.6 Å². The first-order chi connectivity index (χ1) is 14.0. The van der Waals surface area contributed by atoms with Crippen molar-refractivity contribution in [1.82, 2.24) is 4.57 Å². The van der Waals surface area contributed by atoms with Crippen LogP contribution in [0.15, 0.2) is 29.2 Å². The van der Waals surface area contributed by atoms with Crippen LogP contribution in [0.5, 0.6) is 0 Å². The number of carbonyl (C=O) groups is 1. The molecule has 3 N–H and O–H groups in total. The largest absolute Gasteiger partial charge is 0.389 e. The number of aliphatic hydroxyl groups is 1. The lowest BCUT2D eigenvalue weighted by atomic mass is 10.2. The van der Waals surface area contributed by atoms with E-state index >= 15 is 0 Å². The molecule has 0 bridgehead atoms. The lowest BCUT2D eigenvalue weighted by molar-refractivity contribution is -0.121. The highest BCUT2D eigenvalue weighted by atomic mass is 127. The fourth-order valence-corrected chi connectivity index (χ4v) is 5.07. The number of sulfonamides is 1. The highest BCUT2D eigenvalue weighted by Gasteiger charge is 2.55. The molecule has 0 aliphatic heterocycles. The number of Topliss-reactive ketones (excluding diaryl/α,β-unsaturated/α-hetero) is 1. The molecule has 1 heterocycles. The van der Waals surface area contributed by atoms with Gasteiger partial charge >= 0.3 is 0 Å². The molecular formula is C18H18F2IN3O5S. The molecule has 1 aromatic heterocycles. The van der Waals surface area contributed by atoms with E-state index in [1.165, 1.54) is 19.2 Å². The molecule has 0 radical (unpaired) electrons. The summed E-state index contributed by atoms with van der Waals surface area (Å²) in [6, 6.07) is 4.06. The number of anilines is 3. The zero-order valence-corrected chi connectivity index (χ0v) is 18.7. The summed E-state index contributed by atoms with van der Waals surface area (Å²) >= 11 is 1.89. The molecule has 1 aliphatic carbocycles. The minimum absolute atomic E-state index is 0.153. The molecule has 0 amide bonds. The Kier molecular flexibility index (Phi) is 6.20. The number of hydrogen-bond donors (Lipinski definition) is 3. The first-order valence-corrected chi connectivity index (χ1v) is 11.3. The van der Waals surface area contributed by atoms with Crippen LogP contribution < -0.4 is 15.6 Å². The molecule has 0 saturated heterocycles. The number of aryl methyl sites for hydroxylation is 1. The van der Waals surface area contributed by atoms with E-state index in [2.05, 4.69) is 10.0 Å². The van der Waals surface area contributed by atoms with Crippen molar-refractivity contribution in [2.75, 3.05) is 16.6 Å². The molecule has 12 heteroatoms. The Bertz CT molecular complexity index is 1180. The molecule has 3 rings (SSSR count). The van der Waals surface area contributed by atoms with Crippen LogP contribution in [0.4, 0.5) is 25.8 Å². The number of nitrogens with one attached hydrogen (secondary N) is 2. The third-order valence-electron chi connectivity index (χ3n) is 4.83. The van der Waals surface area contributed by atoms with E-state index in [1.807, 2.05) is 22.6 Å². The van der Waals surface area contributed by atoms with Crippen LogP contribution in [0.25, 0.3) is 0 Å². The predicted molar refractivity (Wildman–Crippen MR) is 115 cm³/mol. The Morgan fingerprint density at radius 2 is 1.97 bits per heavy atom. The number of rotatable bonds is 8. The smallest absolute Gasteiger partial charge is 0.288 e. The maximum absolute atomic E-state index is 14.7. The van der Waals surface area contributed by atoms with Crippen molar-refractivity contribution in [3.05, 3.63) is 50.0 Å². The Morgan fingerprint density at radius 3 is 2.53 bits per heavy atom. The maximum Gasteiger partial charge on any atom is 0.288 e. The average Bonchev–Trinajstić information content (AvgIpc) is 3.45. The van der Waals surface area contributed by atoms with E-state index in [9.17, 15) is 26.8 Å². The van der Waals surface area contributed by atoms with Crippen molar-refractivity contribution in [1.29, 1.82) is 0 Å². The standard InChI is InChI=1S/C18H18F2IN3O5S/c1-24-8-14(23-30(28,29)18(4-5-18)7-11(26)9-25)16(15(20)17(24)27)22-13-3-2-10(21)6-12(13)19/h2-3,6,8,22-23,25H,4-5,7,9H2,1H3. The van der Waals surface area contributed by atoms with Gasteiger partial charge in [-0.3, -0.25) is 14.3 Å². The van der Waals surface area contributed by atoms with Crippen LogP contribution in [-0.4, -0.2) is 35.2 Å². The minimum atomic E-state index is -4.18. The topological polar surface area (TPSA) is 118 Å². The summed E-state index contributed by atoms with van der Waals surface area (Å²) in [4.78, 5) is 23.6. The third-order valence-corrected chi connectivity index (χ3v) is 7.68. The summed E-state index contributed by atoms with van der Waals surface area (Å²) in [7, 11) is -2.95. The predicted octanol–water partition coefficient (Wildman–Crippen LogP) is 2.24. The Balaban J connectivity index is 2.02. The van der Waals surface area contributed by atoms with E-state index in [4.69, 9.17) is 5.11 Å². The van der Waals surface area contributed by atoms with Crippen molar-refractivity contribution in [3.63, 3.8) is 0 Å². The Morgan fingerprint density at radius 1 is 1.30 bits per heavy atom. The monoisotopic (exact) mass is 553 g/mol. The third kappa shape index (κ3) is 4.34. The van der Waals surface area contributed by atoms with Gasteiger partial charge in [-0.25, -0.2) is 12.8 Å². The van der Waals surface area contributed by atoms with Crippen LogP contribution in [0.2, 0.25) is 0 Å². The van der Waals surface area contributed by atoms with Gasteiger partial charge in [0.25, 0.3) is 5.56 Å². The van der Waals surface area contributed by atoms with Gasteiger partial charge in [-0.15, -0.1) is 0 Å². The molecule has 0 atom stereocenters. The molecule has 1 aliphatic rings. The first-order valence-electron chi connectivity index (χ1n) is 8.76. The van der Waals surface area contributed by atoms with Crippen LogP contribution in [0, 0.1) is 15.2 Å². The Hall–Kier alpha value is -2.06. The summed E-state index contributed by atoms with van der Waals surface area (Å²) in [5.74, 6) is -2.65. The number of benzene rings is 1. The van der Waals surface area contributed by atoms with Gasteiger partial charge in [0.05, 0.1) is 16.1 Å². The molecule has 1 fully saturated rings. The van der Waals surface area contributed by atoms with Gasteiger partial charge in [0.1, 0.15) is 18.1 Å². The summed E-state index contributed by atoms with van der Waals surface area (Å²) < 4.78 is 57.0. The Labute approximate surface area is 184 Å². The zero-order chi connectivity index (χ0) is 22.3. The molecule has 0 unspecified atom stereocenters. The quantitative estimate of drug-likeness (QED) is 0.432. The highest BCUT2D eigenvalue weighted by Crippen LogP contribution is 2.47. The summed E-state index contributed by atoms with van der Waals surface area (Å²) in [6.45, 7) is -0.787. The lowest BCUT2D eigenvalue weighted by Crippen LogP contribution is -2.34. The molecular weight excluding hydrogens is 535 g/mol. The first kappa shape index (κ1) is 22.6. The van der Waals surface area contributed by atoms with Crippen LogP contribution in [-0.2, 0) is 21.9 Å². The fourth-order valence-electron chi connectivity index (χ4n) is 2.97. The summed E-state index contributed by atoms with van der Waals surface area (Å²) in [5, 5.41) is 11.4. The number of aliphatic hydroxyl groups excluding tert-OH is 1. The minimum Gasteiger partial charge on any atom is -0.389 e. The number of pyridine rings is 1. The second-order valence-corrected chi connectivity index (χ2v) is 10.4. The molecule has 1 saturated carbocycles. The van der Waals surface area contributed by atoms with Crippen molar-refractivity contribution in [2.45, 2.75) is 24.0 Å². The number of aromatic nitrogens is 1. The van der Waals surface area contributed by atoms with Crippen molar-refractivity contribution < 1.29 is 27.1 Å². The number of carbonyl (C=O) groups excluding carboxylic acids is 1. The van der Waals surface area contributed by atoms with Gasteiger partial charge in [-0.2, -0.15) is 4.39 Å². The molecule has 0 spiro atoms. The molecule has 2 aromatic rings. The van der Waals surface area contributed by atoms with E-state index in [0.717, 1.165) is 10.8 Å². The summed E-state index contributed by atoms with van der Waals surface area (Å²) in [6.07, 6.45) is 1.06. The van der Waals surface area contributed by atoms with Crippen molar-refractivity contribution >= 4 is 55.5 Å². The second-order valence-electron chi connectivity index (χ2n) is 7.06. The number of ketones is 1. The van der Waals surface area contributed by atoms with E-state index < -0.39 is 50.0 Å². The highest BCUT2D eigenvalue weighted by molar-refractivity contribution is 14.1. The number of nitrogens with zero attached hydrogens (tertiary/aromatic N) is 1. The lowest BCUT2D eigenvalue weighted by Gasteiger charge is -2.20. The zero-order valence-electron chi connectivity index (χ0n) is 15.7. The van der Waals surface area contributed by atoms with Crippen LogP contribution in [0.1, 0.15) is 19.3 Å². The normalized spacial score (nSPS) is 15.0. The van der Waals surface area contributed by atoms with Crippen LogP contribution >= 0.6 is 22.6 Å². The van der Waals surface area contributed by atoms with Crippen molar-refractivity contribution in [2.24, 2.45) is 7.05 Å². The van der Waals surface area contributed by atoms with Crippen LogP contribution in [0.3, 0.4) is 0 Å². The summed E-state index contributed by atoms with van der Waals surface area (Å²) in [5.41, 5.74) is -2.04. The average molecular weight is 553 g/mol. The van der Waals surface area contributed by atoms with Gasteiger partial charge in [0, 0.05) is 23.2 Å². The number of hydrogen-bond acceptors (Lipinski definition) is 6. The van der Waals surface area contributed by atoms with Gasteiger partial charge in [0.15, 0.2) is 5.78 Å². The fraction of sp³-hybridized carbons (Fsp3) is 0.333. The molecule has 8 nitrogen and oxygen atoms in total. The van der Waals surface area contributed by atoms with Gasteiger partial charge in [-0.1, -0.05) is 0 Å². The van der Waals surface area contributed by atoms with E-state index in [-0.39, 0.29) is 30.6 Å². The van der Waals surface area contributed by atoms with Gasteiger partial charge in [0.2, 0.25) is 15.8 Å².